The minimum atomic E-state index is -0.365. The number of hydrogen-bond acceptors (Lipinski definition) is 5. The van der Waals surface area contributed by atoms with Crippen LogP contribution in [0.5, 0.6) is 0 Å². The first-order valence-corrected chi connectivity index (χ1v) is 7.01. The van der Waals surface area contributed by atoms with E-state index in [-0.39, 0.29) is 11.7 Å². The molecule has 0 aliphatic heterocycles. The van der Waals surface area contributed by atoms with Gasteiger partial charge in [0, 0.05) is 19.3 Å². The highest BCUT2D eigenvalue weighted by Gasteiger charge is 2.15. The third-order valence-corrected chi connectivity index (χ3v) is 3.58. The molecule has 8 heteroatoms. The summed E-state index contributed by atoms with van der Waals surface area (Å²) < 4.78 is 3.78. The van der Waals surface area contributed by atoms with Crippen molar-refractivity contribution < 1.29 is 4.79 Å². The SMILES string of the molecule is CCn1cc(-c2nnc(SCC(N)=O)n2CC)cn1. The number of thioether (sulfide) groups is 1. The maximum atomic E-state index is 10.8. The van der Waals surface area contributed by atoms with E-state index in [1.807, 2.05) is 29.3 Å². The fraction of sp³-hybridized carbons (Fsp3) is 0.455. The predicted octanol–water partition coefficient (Wildman–Crippen LogP) is 0.759. The Hall–Kier alpha value is -1.83. The van der Waals surface area contributed by atoms with E-state index in [4.69, 9.17) is 5.73 Å². The van der Waals surface area contributed by atoms with E-state index >= 15 is 0 Å². The Morgan fingerprint density at radius 2 is 2.16 bits per heavy atom. The Morgan fingerprint density at radius 1 is 1.37 bits per heavy atom. The van der Waals surface area contributed by atoms with E-state index < -0.39 is 0 Å². The summed E-state index contributed by atoms with van der Waals surface area (Å²) in [6.07, 6.45) is 3.70. The molecule has 19 heavy (non-hydrogen) atoms. The van der Waals surface area contributed by atoms with Gasteiger partial charge >= 0.3 is 0 Å². The number of primary amides is 1. The number of carbonyl (C=O) groups excluding carboxylic acids is 1. The van der Waals surface area contributed by atoms with E-state index in [1.54, 1.807) is 6.20 Å². The lowest BCUT2D eigenvalue weighted by Crippen LogP contribution is -2.13. The molecule has 0 unspecified atom stereocenters. The van der Waals surface area contributed by atoms with Crippen molar-refractivity contribution in [3.05, 3.63) is 12.4 Å². The standard InChI is InChI=1S/C11H16N6OS/c1-3-16-6-8(5-13-16)10-14-15-11(17(10)4-2)19-7-9(12)18/h5-6H,3-4,7H2,1-2H3,(H2,12,18). The molecule has 0 spiro atoms. The Bertz CT molecular complexity index is 576. The van der Waals surface area contributed by atoms with Crippen LogP contribution < -0.4 is 5.73 Å². The molecule has 2 aromatic rings. The van der Waals surface area contributed by atoms with E-state index in [9.17, 15) is 4.79 Å². The van der Waals surface area contributed by atoms with E-state index in [2.05, 4.69) is 15.3 Å². The molecular formula is C11H16N6OS. The second-order valence-electron chi connectivity index (χ2n) is 3.89. The first kappa shape index (κ1) is 13.6. The maximum Gasteiger partial charge on any atom is 0.227 e. The molecule has 0 aromatic carbocycles. The van der Waals surface area contributed by atoms with Crippen molar-refractivity contribution in [1.82, 2.24) is 24.5 Å². The molecule has 7 nitrogen and oxygen atoms in total. The van der Waals surface area contributed by atoms with Crippen molar-refractivity contribution in [2.24, 2.45) is 5.73 Å². The summed E-state index contributed by atoms with van der Waals surface area (Å²) in [7, 11) is 0. The first-order chi connectivity index (χ1) is 9.15. The highest BCUT2D eigenvalue weighted by molar-refractivity contribution is 7.99. The van der Waals surface area contributed by atoms with Crippen molar-refractivity contribution in [2.75, 3.05) is 5.75 Å². The van der Waals surface area contributed by atoms with E-state index in [0.29, 0.717) is 5.16 Å². The third-order valence-electron chi connectivity index (χ3n) is 2.59. The molecule has 1 amide bonds. The number of hydrogen-bond donors (Lipinski definition) is 1. The second kappa shape index (κ2) is 5.87. The fourth-order valence-electron chi connectivity index (χ4n) is 1.68. The zero-order valence-corrected chi connectivity index (χ0v) is 11.7. The zero-order chi connectivity index (χ0) is 13.8. The van der Waals surface area contributed by atoms with Gasteiger partial charge in [-0.1, -0.05) is 11.8 Å². The van der Waals surface area contributed by atoms with Crippen LogP contribution in [-0.2, 0) is 17.9 Å². The van der Waals surface area contributed by atoms with Crippen molar-refractivity contribution in [1.29, 1.82) is 0 Å². The van der Waals surface area contributed by atoms with E-state index in [1.165, 1.54) is 11.8 Å². The summed E-state index contributed by atoms with van der Waals surface area (Å²) in [6.45, 7) is 5.56. The van der Waals surface area contributed by atoms with Crippen molar-refractivity contribution in [2.45, 2.75) is 32.1 Å². The van der Waals surface area contributed by atoms with Crippen LogP contribution in [0, 0.1) is 0 Å². The Balaban J connectivity index is 2.28. The number of rotatable bonds is 6. The summed E-state index contributed by atoms with van der Waals surface area (Å²) >= 11 is 1.30. The molecule has 2 rings (SSSR count). The van der Waals surface area contributed by atoms with Gasteiger partial charge in [0.05, 0.1) is 17.5 Å². The maximum absolute atomic E-state index is 10.8. The smallest absolute Gasteiger partial charge is 0.227 e. The minimum absolute atomic E-state index is 0.201. The van der Waals surface area contributed by atoms with Crippen LogP contribution in [0.2, 0.25) is 0 Å². The van der Waals surface area contributed by atoms with E-state index in [0.717, 1.165) is 24.5 Å². The van der Waals surface area contributed by atoms with Gasteiger partial charge in [-0.25, -0.2) is 0 Å². The molecule has 0 saturated carbocycles. The lowest BCUT2D eigenvalue weighted by molar-refractivity contribution is -0.115. The molecule has 0 aliphatic rings. The Morgan fingerprint density at radius 3 is 2.74 bits per heavy atom. The van der Waals surface area contributed by atoms with Gasteiger partial charge in [0.15, 0.2) is 11.0 Å². The number of aromatic nitrogens is 5. The van der Waals surface area contributed by atoms with Crippen molar-refractivity contribution in [3.8, 4) is 11.4 Å². The van der Waals surface area contributed by atoms with Gasteiger partial charge in [0.25, 0.3) is 0 Å². The van der Waals surface area contributed by atoms with Gasteiger partial charge < -0.3 is 10.3 Å². The van der Waals surface area contributed by atoms with Gasteiger partial charge in [-0.3, -0.25) is 9.48 Å². The number of aryl methyl sites for hydroxylation is 1. The fourth-order valence-corrected chi connectivity index (χ4v) is 2.42. The van der Waals surface area contributed by atoms with Crippen LogP contribution in [0.4, 0.5) is 0 Å². The molecule has 0 aliphatic carbocycles. The molecule has 0 bridgehead atoms. The Labute approximate surface area is 115 Å². The van der Waals surface area contributed by atoms with Crippen LogP contribution in [0.3, 0.4) is 0 Å². The van der Waals surface area contributed by atoms with Gasteiger partial charge in [-0.2, -0.15) is 5.10 Å². The average molecular weight is 280 g/mol. The zero-order valence-electron chi connectivity index (χ0n) is 10.9. The number of amides is 1. The number of nitrogens with two attached hydrogens (primary N) is 1. The van der Waals surface area contributed by atoms with Gasteiger partial charge in [-0.15, -0.1) is 10.2 Å². The second-order valence-corrected chi connectivity index (χ2v) is 4.83. The predicted molar refractivity (Wildman–Crippen MR) is 72.5 cm³/mol. The van der Waals surface area contributed by atoms with Crippen LogP contribution >= 0.6 is 11.8 Å². The molecule has 102 valence electrons. The highest BCUT2D eigenvalue weighted by atomic mass is 32.2. The molecule has 2 aromatic heterocycles. The van der Waals surface area contributed by atoms with Crippen LogP contribution in [-0.4, -0.2) is 36.2 Å². The average Bonchev–Trinajstić information content (AvgIpc) is 3.01. The first-order valence-electron chi connectivity index (χ1n) is 6.02. The topological polar surface area (TPSA) is 91.6 Å². The van der Waals surface area contributed by atoms with Crippen molar-refractivity contribution >= 4 is 17.7 Å². The molecule has 2 heterocycles. The largest absolute Gasteiger partial charge is 0.369 e. The molecule has 0 fully saturated rings. The number of carbonyl (C=O) groups is 1. The lowest BCUT2D eigenvalue weighted by Gasteiger charge is -2.04. The molecule has 2 N–H and O–H groups in total. The highest BCUT2D eigenvalue weighted by Crippen LogP contribution is 2.23. The normalized spacial score (nSPS) is 10.8. The lowest BCUT2D eigenvalue weighted by atomic mass is 10.3. The summed E-state index contributed by atoms with van der Waals surface area (Å²) in [6, 6.07) is 0. The van der Waals surface area contributed by atoms with Crippen LogP contribution in [0.25, 0.3) is 11.4 Å². The van der Waals surface area contributed by atoms with Gasteiger partial charge in [-0.05, 0) is 13.8 Å². The van der Waals surface area contributed by atoms with Crippen LogP contribution in [0.1, 0.15) is 13.8 Å². The summed E-state index contributed by atoms with van der Waals surface area (Å²) in [4.78, 5) is 10.8. The van der Waals surface area contributed by atoms with Gasteiger partial charge in [0.2, 0.25) is 5.91 Å². The Kier molecular flexibility index (Phi) is 4.20. The van der Waals surface area contributed by atoms with Crippen LogP contribution in [0.15, 0.2) is 17.6 Å². The summed E-state index contributed by atoms with van der Waals surface area (Å²) in [5, 5.41) is 13.2. The third kappa shape index (κ3) is 2.95. The molecule has 0 radical (unpaired) electrons. The van der Waals surface area contributed by atoms with Gasteiger partial charge in [0.1, 0.15) is 0 Å². The monoisotopic (exact) mass is 280 g/mol. The summed E-state index contributed by atoms with van der Waals surface area (Å²) in [5.74, 6) is 0.594. The molecular weight excluding hydrogens is 264 g/mol. The number of nitrogens with zero attached hydrogens (tertiary/aromatic N) is 5. The quantitative estimate of drug-likeness (QED) is 0.789. The summed E-state index contributed by atoms with van der Waals surface area (Å²) in [5.41, 5.74) is 6.06. The van der Waals surface area contributed by atoms with Crippen molar-refractivity contribution in [3.63, 3.8) is 0 Å². The minimum Gasteiger partial charge on any atom is -0.369 e. The molecule has 0 saturated heterocycles. The molecule has 0 atom stereocenters.